The molecule has 0 atom stereocenters. The van der Waals surface area contributed by atoms with Gasteiger partial charge in [-0.2, -0.15) is 5.10 Å². The number of benzene rings is 4. The molecule has 0 fully saturated rings. The highest BCUT2D eigenvalue weighted by Gasteiger charge is 2.05. The van der Waals surface area contributed by atoms with Crippen LogP contribution in [0.25, 0.3) is 0 Å². The molecule has 0 heterocycles. The molecule has 5 nitrogen and oxygen atoms in total. The quantitative estimate of drug-likeness (QED) is 0.199. The van der Waals surface area contributed by atoms with Crippen LogP contribution in [0.4, 0.5) is 0 Å². The largest absolute Gasteiger partial charge is 0.489 e. The Morgan fingerprint density at radius 2 is 1.40 bits per heavy atom. The Kier molecular flexibility index (Phi) is 8.39. The smallest absolute Gasteiger partial charge is 0.271 e. The van der Waals surface area contributed by atoms with Gasteiger partial charge in [-0.1, -0.05) is 53.5 Å². The second-order valence-electron chi connectivity index (χ2n) is 7.59. The molecule has 1 amide bonds. The van der Waals surface area contributed by atoms with Gasteiger partial charge in [0.05, 0.1) is 6.21 Å². The van der Waals surface area contributed by atoms with Crippen molar-refractivity contribution >= 4 is 35.3 Å². The third-order valence-electron chi connectivity index (χ3n) is 5.05. The zero-order valence-electron chi connectivity index (χ0n) is 18.7. The van der Waals surface area contributed by atoms with Crippen LogP contribution in [-0.4, -0.2) is 12.1 Å². The fourth-order valence-electron chi connectivity index (χ4n) is 3.11. The van der Waals surface area contributed by atoms with Gasteiger partial charge in [0.1, 0.15) is 24.7 Å². The molecule has 35 heavy (non-hydrogen) atoms. The average Bonchev–Trinajstić information content (AvgIpc) is 2.89. The van der Waals surface area contributed by atoms with E-state index in [0.717, 1.165) is 16.7 Å². The molecule has 0 saturated carbocycles. The van der Waals surface area contributed by atoms with Crippen LogP contribution < -0.4 is 14.9 Å². The van der Waals surface area contributed by atoms with Gasteiger partial charge in [0.25, 0.3) is 5.91 Å². The molecule has 176 valence electrons. The van der Waals surface area contributed by atoms with E-state index in [4.69, 9.17) is 32.7 Å². The summed E-state index contributed by atoms with van der Waals surface area (Å²) in [5.41, 5.74) is 5.75. The molecule has 0 aromatic heterocycles. The normalized spacial score (nSPS) is 10.8. The van der Waals surface area contributed by atoms with Crippen molar-refractivity contribution in [2.75, 3.05) is 0 Å². The van der Waals surface area contributed by atoms with Crippen molar-refractivity contribution < 1.29 is 14.3 Å². The fourth-order valence-corrected chi connectivity index (χ4v) is 3.42. The second kappa shape index (κ2) is 12.1. The van der Waals surface area contributed by atoms with E-state index < -0.39 is 0 Å². The van der Waals surface area contributed by atoms with E-state index in [9.17, 15) is 4.79 Å². The molecule has 0 spiro atoms. The Labute approximate surface area is 213 Å². The summed E-state index contributed by atoms with van der Waals surface area (Å²) in [6.07, 6.45) is 1.57. The molecular weight excluding hydrogens is 483 g/mol. The van der Waals surface area contributed by atoms with E-state index in [1.165, 1.54) is 0 Å². The third kappa shape index (κ3) is 7.34. The van der Waals surface area contributed by atoms with E-state index in [0.29, 0.717) is 40.3 Å². The number of hydrazone groups is 1. The highest BCUT2D eigenvalue weighted by atomic mass is 35.5. The van der Waals surface area contributed by atoms with E-state index in [2.05, 4.69) is 10.5 Å². The summed E-state index contributed by atoms with van der Waals surface area (Å²) in [4.78, 5) is 12.4. The van der Waals surface area contributed by atoms with Crippen molar-refractivity contribution in [1.29, 1.82) is 0 Å². The van der Waals surface area contributed by atoms with E-state index in [1.807, 2.05) is 72.8 Å². The first-order chi connectivity index (χ1) is 17.1. The van der Waals surface area contributed by atoms with Crippen LogP contribution in [0.1, 0.15) is 27.0 Å². The lowest BCUT2D eigenvalue weighted by molar-refractivity contribution is 0.0955. The van der Waals surface area contributed by atoms with Gasteiger partial charge in [-0.3, -0.25) is 4.79 Å². The van der Waals surface area contributed by atoms with Gasteiger partial charge in [0, 0.05) is 21.2 Å². The number of hydrogen-bond donors (Lipinski definition) is 1. The summed E-state index contributed by atoms with van der Waals surface area (Å²) in [5, 5.41) is 5.39. The van der Waals surface area contributed by atoms with E-state index in [-0.39, 0.29) is 5.91 Å². The maximum absolute atomic E-state index is 12.4. The molecule has 1 N–H and O–H groups in total. The maximum atomic E-state index is 12.4. The Hall–Kier alpha value is -3.80. The van der Waals surface area contributed by atoms with Crippen molar-refractivity contribution in [3.8, 4) is 11.5 Å². The summed E-state index contributed by atoms with van der Waals surface area (Å²) in [6.45, 7) is 0.797. The van der Waals surface area contributed by atoms with Crippen LogP contribution in [0.5, 0.6) is 11.5 Å². The highest BCUT2D eigenvalue weighted by Crippen LogP contribution is 2.19. The zero-order chi connectivity index (χ0) is 24.5. The molecule has 4 aromatic rings. The standard InChI is InChI=1S/C28H22Cl2N2O3/c29-24-11-5-21(6-12-24)18-34-26-15-9-22(10-16-26)28(33)32-31-17-20-7-13-25(14-8-20)35-19-23-3-1-2-4-27(23)30/h1-17H,18-19H2,(H,32,33). The van der Waals surface area contributed by atoms with Crippen LogP contribution in [0.15, 0.2) is 102 Å². The average molecular weight is 505 g/mol. The first kappa shape index (κ1) is 24.3. The second-order valence-corrected chi connectivity index (χ2v) is 8.43. The predicted octanol–water partition coefficient (Wildman–Crippen LogP) is 6.92. The van der Waals surface area contributed by atoms with Crippen molar-refractivity contribution in [2.24, 2.45) is 5.10 Å². The van der Waals surface area contributed by atoms with Crippen LogP contribution in [0.3, 0.4) is 0 Å². The molecule has 0 unspecified atom stereocenters. The van der Waals surface area contributed by atoms with Crippen LogP contribution in [0.2, 0.25) is 10.0 Å². The number of amides is 1. The van der Waals surface area contributed by atoms with Crippen molar-refractivity contribution in [1.82, 2.24) is 5.43 Å². The minimum atomic E-state index is -0.315. The summed E-state index contributed by atoms with van der Waals surface area (Å²) >= 11 is 12.0. The molecule has 0 aliphatic heterocycles. The molecule has 0 radical (unpaired) electrons. The lowest BCUT2D eigenvalue weighted by Crippen LogP contribution is -2.17. The lowest BCUT2D eigenvalue weighted by Gasteiger charge is -2.08. The topological polar surface area (TPSA) is 59.9 Å². The molecular formula is C28H22Cl2N2O3. The Morgan fingerprint density at radius 1 is 0.771 bits per heavy atom. The van der Waals surface area contributed by atoms with Gasteiger partial charge in [0.15, 0.2) is 0 Å². The first-order valence-corrected chi connectivity index (χ1v) is 11.6. The lowest BCUT2D eigenvalue weighted by atomic mass is 10.2. The number of nitrogens with one attached hydrogen (secondary N) is 1. The van der Waals surface area contributed by atoms with Gasteiger partial charge in [-0.05, 0) is 77.9 Å². The molecule has 0 saturated heterocycles. The van der Waals surface area contributed by atoms with Crippen molar-refractivity contribution in [2.45, 2.75) is 13.2 Å². The number of carbonyl (C=O) groups excluding carboxylic acids is 1. The summed E-state index contributed by atoms with van der Waals surface area (Å²) in [7, 11) is 0. The number of rotatable bonds is 9. The molecule has 7 heteroatoms. The number of ether oxygens (including phenoxy) is 2. The van der Waals surface area contributed by atoms with E-state index in [1.54, 1.807) is 30.5 Å². The first-order valence-electron chi connectivity index (χ1n) is 10.8. The highest BCUT2D eigenvalue weighted by molar-refractivity contribution is 6.31. The van der Waals surface area contributed by atoms with Gasteiger partial charge in [-0.15, -0.1) is 0 Å². The minimum absolute atomic E-state index is 0.315. The van der Waals surface area contributed by atoms with Crippen LogP contribution in [-0.2, 0) is 13.2 Å². The Morgan fingerprint density at radius 3 is 2.09 bits per heavy atom. The monoisotopic (exact) mass is 504 g/mol. The fraction of sp³-hybridized carbons (Fsp3) is 0.0714. The molecule has 0 bridgehead atoms. The Balaban J connectivity index is 1.24. The van der Waals surface area contributed by atoms with Gasteiger partial charge in [-0.25, -0.2) is 5.43 Å². The SMILES string of the molecule is O=C(NN=Cc1ccc(OCc2ccccc2Cl)cc1)c1ccc(OCc2ccc(Cl)cc2)cc1. The van der Waals surface area contributed by atoms with Crippen molar-refractivity contribution in [3.05, 3.63) is 129 Å². The van der Waals surface area contributed by atoms with Gasteiger partial charge in [0.2, 0.25) is 0 Å². The Bertz CT molecular complexity index is 1290. The van der Waals surface area contributed by atoms with E-state index >= 15 is 0 Å². The van der Waals surface area contributed by atoms with Crippen molar-refractivity contribution in [3.63, 3.8) is 0 Å². The summed E-state index contributed by atoms with van der Waals surface area (Å²) in [5.74, 6) is 1.06. The number of hydrogen-bond acceptors (Lipinski definition) is 4. The van der Waals surface area contributed by atoms with Gasteiger partial charge < -0.3 is 9.47 Å². The number of carbonyl (C=O) groups is 1. The summed E-state index contributed by atoms with van der Waals surface area (Å²) in [6, 6.07) is 29.3. The van der Waals surface area contributed by atoms with Crippen LogP contribution in [0, 0.1) is 0 Å². The molecule has 4 aromatic carbocycles. The molecule has 4 rings (SSSR count). The van der Waals surface area contributed by atoms with Gasteiger partial charge >= 0.3 is 0 Å². The molecule has 0 aliphatic carbocycles. The third-order valence-corrected chi connectivity index (χ3v) is 5.67. The summed E-state index contributed by atoms with van der Waals surface area (Å²) < 4.78 is 11.5. The minimum Gasteiger partial charge on any atom is -0.489 e. The van der Waals surface area contributed by atoms with Crippen LogP contribution >= 0.6 is 23.2 Å². The predicted molar refractivity (Wildman–Crippen MR) is 140 cm³/mol. The number of halogens is 2. The molecule has 0 aliphatic rings. The number of nitrogens with zero attached hydrogens (tertiary/aromatic N) is 1. The maximum Gasteiger partial charge on any atom is 0.271 e. The zero-order valence-corrected chi connectivity index (χ0v) is 20.2.